The van der Waals surface area contributed by atoms with Gasteiger partial charge in [-0.3, -0.25) is 15.0 Å². The van der Waals surface area contributed by atoms with E-state index in [1.165, 1.54) is 35.4 Å². The van der Waals surface area contributed by atoms with E-state index in [0.717, 1.165) is 15.1 Å². The van der Waals surface area contributed by atoms with Crippen molar-refractivity contribution in [3.63, 3.8) is 0 Å². The molecule has 0 spiro atoms. The Hall–Kier alpha value is -2.16. The van der Waals surface area contributed by atoms with Crippen molar-refractivity contribution < 1.29 is 14.0 Å². The Labute approximate surface area is 167 Å². The summed E-state index contributed by atoms with van der Waals surface area (Å²) in [5, 5.41) is 1.58. The molecule has 1 saturated heterocycles. The minimum absolute atomic E-state index is 0.0240. The Bertz CT molecular complexity index is 1020. The number of benzene rings is 2. The summed E-state index contributed by atoms with van der Waals surface area (Å²) in [6.07, 6.45) is 0.0240. The van der Waals surface area contributed by atoms with Gasteiger partial charge in [0.05, 0.1) is 22.6 Å². The van der Waals surface area contributed by atoms with Gasteiger partial charge in [-0.1, -0.05) is 35.9 Å². The van der Waals surface area contributed by atoms with Gasteiger partial charge in [0.2, 0.25) is 5.91 Å². The molecule has 1 N–H and O–H groups in total. The van der Waals surface area contributed by atoms with Crippen molar-refractivity contribution in [1.29, 1.82) is 0 Å². The number of aromatic nitrogens is 1. The second kappa shape index (κ2) is 7.46. The maximum Gasteiger partial charge on any atom is 0.252 e. The number of nitrogens with one attached hydrogen (secondary N) is 1. The van der Waals surface area contributed by atoms with Gasteiger partial charge in [0.25, 0.3) is 5.91 Å². The van der Waals surface area contributed by atoms with Crippen molar-refractivity contribution in [1.82, 2.24) is 14.8 Å². The first-order chi connectivity index (χ1) is 13.0. The van der Waals surface area contributed by atoms with Crippen molar-refractivity contribution >= 4 is 56.8 Å². The molecule has 2 heterocycles. The van der Waals surface area contributed by atoms with Gasteiger partial charge in [0, 0.05) is 16.0 Å². The van der Waals surface area contributed by atoms with Crippen molar-refractivity contribution in [2.75, 3.05) is 5.75 Å². The summed E-state index contributed by atoms with van der Waals surface area (Å²) in [7, 11) is 0. The average molecular weight is 422 g/mol. The molecule has 3 aromatic rings. The number of hydrogen-bond donors (Lipinski definition) is 1. The van der Waals surface area contributed by atoms with Crippen molar-refractivity contribution in [3.8, 4) is 0 Å². The zero-order valence-corrected chi connectivity index (χ0v) is 16.2. The fraction of sp³-hybridized carbons (Fsp3) is 0.167. The third-order valence-corrected chi connectivity index (χ3v) is 6.51. The average Bonchev–Trinajstić information content (AvgIpc) is 3.20. The number of carbonyl (C=O) groups is 2. The molecule has 138 valence electrons. The van der Waals surface area contributed by atoms with Crippen LogP contribution < -0.4 is 5.43 Å². The van der Waals surface area contributed by atoms with E-state index in [2.05, 4.69) is 9.80 Å². The highest BCUT2D eigenvalue weighted by Gasteiger charge is 2.37. The molecular weight excluding hydrogens is 409 g/mol. The number of thioether (sulfide) groups is 1. The summed E-state index contributed by atoms with van der Waals surface area (Å²) in [4.78, 5) is 24.8. The van der Waals surface area contributed by atoms with E-state index >= 15 is 0 Å². The van der Waals surface area contributed by atoms with E-state index in [0.29, 0.717) is 5.69 Å². The zero-order chi connectivity index (χ0) is 19.0. The second-order valence-corrected chi connectivity index (χ2v) is 8.18. The zero-order valence-electron chi connectivity index (χ0n) is 13.8. The van der Waals surface area contributed by atoms with Gasteiger partial charge in [0.1, 0.15) is 11.2 Å². The van der Waals surface area contributed by atoms with E-state index in [1.807, 2.05) is 24.3 Å². The minimum Gasteiger partial charge on any atom is -0.273 e. The van der Waals surface area contributed by atoms with Crippen LogP contribution in [0.4, 0.5) is 4.39 Å². The Morgan fingerprint density at radius 1 is 1.30 bits per heavy atom. The number of carbonyl (C=O) groups excluding carboxylic acids is 2. The first-order valence-electron chi connectivity index (χ1n) is 8.05. The summed E-state index contributed by atoms with van der Waals surface area (Å²) in [5.41, 5.74) is 3.43. The van der Waals surface area contributed by atoms with Crippen LogP contribution in [-0.4, -0.2) is 26.9 Å². The lowest BCUT2D eigenvalue weighted by Crippen LogP contribution is -2.45. The lowest BCUT2D eigenvalue weighted by atomic mass is 10.2. The van der Waals surface area contributed by atoms with Crippen LogP contribution in [0.25, 0.3) is 10.1 Å². The number of hydrazine groups is 1. The van der Waals surface area contributed by atoms with Gasteiger partial charge in [0.15, 0.2) is 0 Å². The molecule has 2 amide bonds. The fourth-order valence-corrected chi connectivity index (χ4v) is 5.19. The van der Waals surface area contributed by atoms with Crippen LogP contribution in [0.2, 0.25) is 5.02 Å². The van der Waals surface area contributed by atoms with Crippen LogP contribution in [-0.2, 0) is 16.0 Å². The van der Waals surface area contributed by atoms with Gasteiger partial charge in [-0.2, -0.15) is 4.37 Å². The van der Waals surface area contributed by atoms with Crippen LogP contribution in [0.3, 0.4) is 0 Å². The van der Waals surface area contributed by atoms with Crippen molar-refractivity contribution in [2.45, 2.75) is 11.8 Å². The molecule has 2 aromatic carbocycles. The quantitative estimate of drug-likeness (QED) is 0.693. The number of rotatable bonds is 4. The summed E-state index contributed by atoms with van der Waals surface area (Å²) in [5.74, 6) is -1.07. The maximum atomic E-state index is 14.3. The number of nitrogens with zero attached hydrogens (tertiary/aromatic N) is 2. The predicted molar refractivity (Wildman–Crippen MR) is 105 cm³/mol. The molecule has 1 aromatic heterocycles. The molecular formula is C18H13ClFN3O2S2. The van der Waals surface area contributed by atoms with Crippen LogP contribution in [0.1, 0.15) is 16.6 Å². The third-order valence-electron chi connectivity index (χ3n) is 4.14. The molecule has 4 rings (SSSR count). The number of hydrogen-bond acceptors (Lipinski definition) is 5. The van der Waals surface area contributed by atoms with Gasteiger partial charge in [-0.25, -0.2) is 9.40 Å². The largest absolute Gasteiger partial charge is 0.273 e. The minimum atomic E-state index is -0.706. The molecule has 0 aliphatic carbocycles. The Morgan fingerprint density at radius 2 is 2.11 bits per heavy atom. The van der Waals surface area contributed by atoms with Gasteiger partial charge < -0.3 is 0 Å². The topological polar surface area (TPSA) is 62.3 Å². The highest BCUT2D eigenvalue weighted by atomic mass is 35.5. The van der Waals surface area contributed by atoms with E-state index in [-0.39, 0.29) is 34.6 Å². The lowest BCUT2D eigenvalue weighted by Gasteiger charge is -2.25. The summed E-state index contributed by atoms with van der Waals surface area (Å²) in [6, 6.07) is 12.0. The molecule has 0 radical (unpaired) electrons. The summed E-state index contributed by atoms with van der Waals surface area (Å²) in [6.45, 7) is 0. The van der Waals surface area contributed by atoms with E-state index in [4.69, 9.17) is 11.6 Å². The molecule has 5 nitrogen and oxygen atoms in total. The molecule has 1 aliphatic heterocycles. The number of fused-ring (bicyclic) bond motifs is 1. The second-order valence-electron chi connectivity index (χ2n) is 5.90. The number of halogens is 2. The third kappa shape index (κ3) is 3.52. The van der Waals surface area contributed by atoms with E-state index < -0.39 is 11.2 Å². The molecule has 1 aliphatic rings. The van der Waals surface area contributed by atoms with Crippen LogP contribution in [0.15, 0.2) is 42.5 Å². The summed E-state index contributed by atoms with van der Waals surface area (Å²) >= 11 is 8.66. The SMILES string of the molecule is O=C(Cc1nsc2ccccc12)NN1C(=O)CSC1c1c(F)cccc1Cl. The molecule has 1 unspecified atom stereocenters. The van der Waals surface area contributed by atoms with E-state index in [1.54, 1.807) is 6.07 Å². The Morgan fingerprint density at radius 3 is 2.93 bits per heavy atom. The first kappa shape index (κ1) is 18.2. The molecule has 1 fully saturated rings. The standard InChI is InChI=1S/C18H13ClFN3O2S2/c19-11-5-3-6-12(20)17(11)18-23(16(25)9-26-18)21-15(24)8-13-10-4-1-2-7-14(10)27-22-13/h1-7,18H,8-9H2,(H,21,24). The monoisotopic (exact) mass is 421 g/mol. The van der Waals surface area contributed by atoms with Crippen LogP contribution >= 0.6 is 34.9 Å². The summed E-state index contributed by atoms with van der Waals surface area (Å²) < 4.78 is 19.6. The van der Waals surface area contributed by atoms with Crippen molar-refractivity contribution in [2.24, 2.45) is 0 Å². The van der Waals surface area contributed by atoms with Gasteiger partial charge in [-0.05, 0) is 29.7 Å². The highest BCUT2D eigenvalue weighted by Crippen LogP contribution is 2.41. The highest BCUT2D eigenvalue weighted by molar-refractivity contribution is 8.00. The van der Waals surface area contributed by atoms with Crippen molar-refractivity contribution in [3.05, 3.63) is 64.6 Å². The predicted octanol–water partition coefficient (Wildman–Crippen LogP) is 3.94. The molecule has 1 atom stereocenters. The lowest BCUT2D eigenvalue weighted by molar-refractivity contribution is -0.139. The van der Waals surface area contributed by atoms with E-state index in [9.17, 15) is 14.0 Å². The first-order valence-corrected chi connectivity index (χ1v) is 10.2. The van der Waals surface area contributed by atoms with Crippen LogP contribution in [0, 0.1) is 5.82 Å². The molecule has 9 heteroatoms. The van der Waals surface area contributed by atoms with Crippen LogP contribution in [0.5, 0.6) is 0 Å². The molecule has 0 saturated carbocycles. The Kier molecular flexibility index (Phi) is 5.03. The van der Waals surface area contributed by atoms with Gasteiger partial charge in [-0.15, -0.1) is 11.8 Å². The maximum absolute atomic E-state index is 14.3. The normalized spacial score (nSPS) is 16.9. The smallest absolute Gasteiger partial charge is 0.252 e. The number of amides is 2. The van der Waals surface area contributed by atoms with Gasteiger partial charge >= 0.3 is 0 Å². The fourth-order valence-electron chi connectivity index (χ4n) is 2.90. The Balaban J connectivity index is 1.55. The molecule has 27 heavy (non-hydrogen) atoms. The molecule has 0 bridgehead atoms.